The molecule has 2 unspecified atom stereocenters. The molecule has 0 fully saturated rings. The maximum Gasteiger partial charge on any atom is 0.428 e. The SMILES string of the molecule is COC1(C(Oc2cnc(-c3ccc(C[C@H](N)C(=O)O)cc3)cn2)C(F)(F)F)C=CC=C(c2ccccc2)C1. The quantitative estimate of drug-likeness (QED) is 0.412. The van der Waals surface area contributed by atoms with E-state index in [-0.39, 0.29) is 18.7 Å². The molecule has 2 aromatic carbocycles. The number of ether oxygens (including phenoxy) is 2. The van der Waals surface area contributed by atoms with Crippen LogP contribution >= 0.6 is 0 Å². The zero-order valence-electron chi connectivity index (χ0n) is 20.4. The van der Waals surface area contributed by atoms with Gasteiger partial charge in [0.25, 0.3) is 0 Å². The minimum atomic E-state index is -4.77. The van der Waals surface area contributed by atoms with Gasteiger partial charge in [-0.05, 0) is 29.2 Å². The van der Waals surface area contributed by atoms with Crippen molar-refractivity contribution in [1.29, 1.82) is 0 Å². The smallest absolute Gasteiger partial charge is 0.428 e. The predicted octanol–water partition coefficient (Wildman–Crippen LogP) is 4.84. The molecule has 10 heteroatoms. The van der Waals surface area contributed by atoms with Crippen molar-refractivity contribution in [2.24, 2.45) is 5.73 Å². The Morgan fingerprint density at radius 2 is 1.79 bits per heavy atom. The first kappa shape index (κ1) is 27.0. The molecule has 198 valence electrons. The highest BCUT2D eigenvalue weighted by atomic mass is 19.4. The van der Waals surface area contributed by atoms with Crippen LogP contribution in [0, 0.1) is 0 Å². The van der Waals surface area contributed by atoms with E-state index in [1.54, 1.807) is 36.4 Å². The number of rotatable bonds is 9. The van der Waals surface area contributed by atoms with Crippen molar-refractivity contribution >= 4 is 11.5 Å². The Labute approximate surface area is 217 Å². The van der Waals surface area contributed by atoms with E-state index < -0.39 is 29.9 Å². The molecular formula is C28H26F3N3O4. The van der Waals surface area contributed by atoms with Crippen molar-refractivity contribution in [1.82, 2.24) is 9.97 Å². The second-order valence-corrected chi connectivity index (χ2v) is 8.88. The number of hydrogen-bond donors (Lipinski definition) is 2. The van der Waals surface area contributed by atoms with Gasteiger partial charge in [-0.25, -0.2) is 9.97 Å². The molecule has 0 bridgehead atoms. The van der Waals surface area contributed by atoms with Gasteiger partial charge in [0.2, 0.25) is 12.0 Å². The molecule has 7 nitrogen and oxygen atoms in total. The van der Waals surface area contributed by atoms with Crippen LogP contribution in [0.3, 0.4) is 0 Å². The lowest BCUT2D eigenvalue weighted by Crippen LogP contribution is -2.55. The summed E-state index contributed by atoms with van der Waals surface area (Å²) >= 11 is 0. The van der Waals surface area contributed by atoms with Gasteiger partial charge in [0, 0.05) is 19.1 Å². The Hall–Kier alpha value is -4.02. The first-order chi connectivity index (χ1) is 18.1. The molecule has 1 aliphatic carbocycles. The van der Waals surface area contributed by atoms with Gasteiger partial charge >= 0.3 is 12.1 Å². The lowest BCUT2D eigenvalue weighted by Gasteiger charge is -2.39. The average Bonchev–Trinajstić information content (AvgIpc) is 2.92. The van der Waals surface area contributed by atoms with Crippen molar-refractivity contribution in [2.75, 3.05) is 7.11 Å². The number of hydrogen-bond acceptors (Lipinski definition) is 6. The highest BCUT2D eigenvalue weighted by Gasteiger charge is 2.56. The number of aliphatic carboxylic acids is 1. The van der Waals surface area contributed by atoms with Crippen LogP contribution in [0.4, 0.5) is 13.2 Å². The van der Waals surface area contributed by atoms with Crippen molar-refractivity contribution in [3.05, 3.63) is 96.3 Å². The third kappa shape index (κ3) is 6.09. The van der Waals surface area contributed by atoms with E-state index in [1.807, 2.05) is 30.3 Å². The van der Waals surface area contributed by atoms with Gasteiger partial charge in [0.15, 0.2) is 0 Å². The Balaban J connectivity index is 1.53. The van der Waals surface area contributed by atoms with Crippen molar-refractivity contribution in [3.63, 3.8) is 0 Å². The average molecular weight is 526 g/mol. The highest BCUT2D eigenvalue weighted by molar-refractivity contribution is 5.73. The Morgan fingerprint density at radius 1 is 1.08 bits per heavy atom. The summed E-state index contributed by atoms with van der Waals surface area (Å²) in [5.41, 5.74) is 6.99. The first-order valence-electron chi connectivity index (χ1n) is 11.7. The number of nitrogens with two attached hydrogens (primary N) is 1. The van der Waals surface area contributed by atoms with E-state index in [0.29, 0.717) is 16.8 Å². The summed E-state index contributed by atoms with van der Waals surface area (Å²) in [6.45, 7) is 0. The predicted molar refractivity (Wildman–Crippen MR) is 135 cm³/mol. The molecule has 4 rings (SSSR count). The van der Waals surface area contributed by atoms with Crippen LogP contribution in [0.1, 0.15) is 17.5 Å². The number of carbonyl (C=O) groups is 1. The third-order valence-corrected chi connectivity index (χ3v) is 6.30. The maximum atomic E-state index is 14.3. The van der Waals surface area contributed by atoms with Gasteiger partial charge in [0.1, 0.15) is 11.6 Å². The lowest BCUT2D eigenvalue weighted by atomic mass is 9.82. The van der Waals surface area contributed by atoms with Crippen LogP contribution in [0.15, 0.2) is 85.2 Å². The summed E-state index contributed by atoms with van der Waals surface area (Å²) in [6, 6.07) is 14.9. The fourth-order valence-corrected chi connectivity index (χ4v) is 4.26. The normalized spacial score (nSPS) is 18.9. The zero-order valence-corrected chi connectivity index (χ0v) is 20.4. The Kier molecular flexibility index (Phi) is 7.94. The largest absolute Gasteiger partial charge is 0.480 e. The van der Waals surface area contributed by atoms with E-state index in [9.17, 15) is 18.0 Å². The van der Waals surface area contributed by atoms with Crippen molar-refractivity contribution < 1.29 is 32.5 Å². The number of nitrogens with zero attached hydrogens (tertiary/aromatic N) is 2. The molecular weight excluding hydrogens is 499 g/mol. The van der Waals surface area contributed by atoms with Gasteiger partial charge in [-0.2, -0.15) is 13.2 Å². The fraction of sp³-hybridized carbons (Fsp3) is 0.250. The molecule has 3 aromatic rings. The number of carboxylic acid groups (broad SMARTS) is 1. The fourth-order valence-electron chi connectivity index (χ4n) is 4.26. The van der Waals surface area contributed by atoms with E-state index in [0.717, 1.165) is 17.3 Å². The van der Waals surface area contributed by atoms with Crippen LogP contribution in [0.5, 0.6) is 5.88 Å². The summed E-state index contributed by atoms with van der Waals surface area (Å²) < 4.78 is 53.8. The maximum absolute atomic E-state index is 14.3. The number of methoxy groups -OCH3 is 1. The zero-order chi connectivity index (χ0) is 27.3. The lowest BCUT2D eigenvalue weighted by molar-refractivity contribution is -0.241. The van der Waals surface area contributed by atoms with Gasteiger partial charge in [-0.15, -0.1) is 0 Å². The van der Waals surface area contributed by atoms with E-state index >= 15 is 0 Å². The van der Waals surface area contributed by atoms with E-state index in [2.05, 4.69) is 9.97 Å². The summed E-state index contributed by atoms with van der Waals surface area (Å²) in [5, 5.41) is 8.95. The van der Waals surface area contributed by atoms with Crippen molar-refractivity contribution in [2.45, 2.75) is 36.8 Å². The second kappa shape index (κ2) is 11.2. The molecule has 3 N–H and O–H groups in total. The molecule has 0 saturated heterocycles. The van der Waals surface area contributed by atoms with Gasteiger partial charge in [-0.1, -0.05) is 66.7 Å². The standard InChI is InChI=1S/C28H26F3N3O4/c1-37-27(13-5-8-21(15-27)19-6-3-2-4-7-19)26(28(29,30)31)38-24-17-33-23(16-34-24)20-11-9-18(10-12-20)14-22(32)25(35)36/h2-13,16-17,22,26H,14-15,32H2,1H3,(H,35,36)/t22-,26?,27?/m0/s1. The molecule has 0 amide bonds. The second-order valence-electron chi connectivity index (χ2n) is 8.88. The van der Waals surface area contributed by atoms with Gasteiger partial charge in [-0.3, -0.25) is 4.79 Å². The van der Waals surface area contributed by atoms with Gasteiger partial charge < -0.3 is 20.3 Å². The summed E-state index contributed by atoms with van der Waals surface area (Å²) in [4.78, 5) is 19.2. The molecule has 1 heterocycles. The number of halogens is 3. The number of allylic oxidation sites excluding steroid dienone is 2. The third-order valence-electron chi connectivity index (χ3n) is 6.30. The van der Waals surface area contributed by atoms with Crippen LogP contribution in [0.25, 0.3) is 16.8 Å². The molecule has 1 aliphatic rings. The summed E-state index contributed by atoms with van der Waals surface area (Å²) in [5.74, 6) is -1.40. The first-order valence-corrected chi connectivity index (χ1v) is 11.7. The van der Waals surface area contributed by atoms with Crippen LogP contribution in [-0.2, 0) is 16.0 Å². The highest BCUT2D eigenvalue weighted by Crippen LogP contribution is 2.42. The number of aromatic nitrogens is 2. The monoisotopic (exact) mass is 525 g/mol. The van der Waals surface area contributed by atoms with E-state index in [4.69, 9.17) is 20.3 Å². The molecule has 0 saturated carbocycles. The molecule has 0 aliphatic heterocycles. The number of alkyl halides is 3. The molecule has 0 radical (unpaired) electrons. The minimum Gasteiger partial charge on any atom is -0.480 e. The molecule has 3 atom stereocenters. The topological polar surface area (TPSA) is 108 Å². The minimum absolute atomic E-state index is 0.0580. The number of benzene rings is 2. The van der Waals surface area contributed by atoms with Crippen LogP contribution in [-0.4, -0.2) is 52.1 Å². The van der Waals surface area contributed by atoms with Crippen LogP contribution < -0.4 is 10.5 Å². The van der Waals surface area contributed by atoms with E-state index in [1.165, 1.54) is 19.4 Å². The molecule has 1 aromatic heterocycles. The Morgan fingerprint density at radius 3 is 2.37 bits per heavy atom. The molecule has 0 spiro atoms. The summed E-state index contributed by atoms with van der Waals surface area (Å²) in [6.07, 6.45) is 0.0827. The van der Waals surface area contributed by atoms with Crippen molar-refractivity contribution in [3.8, 4) is 17.1 Å². The molecule has 38 heavy (non-hydrogen) atoms. The summed E-state index contributed by atoms with van der Waals surface area (Å²) in [7, 11) is 1.22. The Bertz CT molecular complexity index is 1310. The van der Waals surface area contributed by atoms with Crippen LogP contribution in [0.2, 0.25) is 0 Å². The number of carboxylic acids is 1. The van der Waals surface area contributed by atoms with Gasteiger partial charge in [0.05, 0.1) is 18.1 Å².